The molecule has 2 aromatic carbocycles. The van der Waals surface area contributed by atoms with E-state index in [0.717, 1.165) is 11.1 Å². The molecule has 0 aromatic heterocycles. The Labute approximate surface area is 135 Å². The van der Waals surface area contributed by atoms with Crippen molar-refractivity contribution in [2.24, 2.45) is 11.8 Å². The molecule has 0 aliphatic heterocycles. The van der Waals surface area contributed by atoms with Crippen molar-refractivity contribution in [1.29, 1.82) is 0 Å². The molecule has 5 heteroatoms. The SMILES string of the molecule is Cc1ccc(NC(=O)[C@@H](CC(=O)NN)Cc2ccccc2)cc1. The Balaban J connectivity index is 2.10. The van der Waals surface area contributed by atoms with Gasteiger partial charge < -0.3 is 5.32 Å². The van der Waals surface area contributed by atoms with Crippen molar-refractivity contribution in [2.45, 2.75) is 19.8 Å². The summed E-state index contributed by atoms with van der Waals surface area (Å²) in [6, 6.07) is 17.1. The van der Waals surface area contributed by atoms with Gasteiger partial charge in [-0.1, -0.05) is 48.0 Å². The van der Waals surface area contributed by atoms with E-state index in [1.807, 2.05) is 61.5 Å². The molecule has 0 bridgehead atoms. The van der Waals surface area contributed by atoms with E-state index in [1.165, 1.54) is 0 Å². The first-order chi connectivity index (χ1) is 11.1. The average molecular weight is 311 g/mol. The second-order valence-electron chi connectivity index (χ2n) is 5.51. The highest BCUT2D eigenvalue weighted by molar-refractivity contribution is 5.95. The number of hydrogen-bond acceptors (Lipinski definition) is 3. The third-order valence-corrected chi connectivity index (χ3v) is 3.61. The number of nitrogens with two attached hydrogens (primary N) is 1. The number of aryl methyl sites for hydroxylation is 1. The van der Waals surface area contributed by atoms with Gasteiger partial charge in [0, 0.05) is 12.1 Å². The minimum Gasteiger partial charge on any atom is -0.326 e. The first kappa shape index (κ1) is 16.7. The van der Waals surface area contributed by atoms with Gasteiger partial charge in [-0.25, -0.2) is 5.84 Å². The number of carbonyl (C=O) groups excluding carboxylic acids is 2. The van der Waals surface area contributed by atoms with Crippen molar-refractivity contribution in [3.63, 3.8) is 0 Å². The fraction of sp³-hybridized carbons (Fsp3) is 0.222. The third-order valence-electron chi connectivity index (χ3n) is 3.61. The molecule has 0 heterocycles. The summed E-state index contributed by atoms with van der Waals surface area (Å²) in [6.45, 7) is 1.98. The minimum absolute atomic E-state index is 0.0447. The Morgan fingerprint density at radius 3 is 2.30 bits per heavy atom. The Hall–Kier alpha value is -2.66. The van der Waals surface area contributed by atoms with Crippen molar-refractivity contribution >= 4 is 17.5 Å². The van der Waals surface area contributed by atoms with Gasteiger partial charge in [-0.3, -0.25) is 15.0 Å². The van der Waals surface area contributed by atoms with E-state index in [1.54, 1.807) is 0 Å². The lowest BCUT2D eigenvalue weighted by molar-refractivity contribution is -0.127. The molecule has 0 aliphatic rings. The highest BCUT2D eigenvalue weighted by Gasteiger charge is 2.22. The second-order valence-corrected chi connectivity index (χ2v) is 5.51. The maximum Gasteiger partial charge on any atom is 0.234 e. The molecule has 0 saturated carbocycles. The van der Waals surface area contributed by atoms with Crippen molar-refractivity contribution in [2.75, 3.05) is 5.32 Å². The quantitative estimate of drug-likeness (QED) is 0.434. The van der Waals surface area contributed by atoms with Crippen LogP contribution in [0, 0.1) is 12.8 Å². The summed E-state index contributed by atoms with van der Waals surface area (Å²) in [4.78, 5) is 24.1. The topological polar surface area (TPSA) is 84.2 Å². The summed E-state index contributed by atoms with van der Waals surface area (Å²) < 4.78 is 0. The summed E-state index contributed by atoms with van der Waals surface area (Å²) in [5.74, 6) is 4.12. The van der Waals surface area contributed by atoms with E-state index in [4.69, 9.17) is 5.84 Å². The van der Waals surface area contributed by atoms with Crippen LogP contribution >= 0.6 is 0 Å². The van der Waals surface area contributed by atoms with E-state index in [2.05, 4.69) is 10.7 Å². The van der Waals surface area contributed by atoms with Gasteiger partial charge in [0.2, 0.25) is 11.8 Å². The predicted molar refractivity (Wildman–Crippen MR) is 90.4 cm³/mol. The van der Waals surface area contributed by atoms with Crippen LogP contribution in [0.1, 0.15) is 17.5 Å². The normalized spacial score (nSPS) is 11.6. The Morgan fingerprint density at radius 2 is 1.70 bits per heavy atom. The fourth-order valence-corrected chi connectivity index (χ4v) is 2.32. The van der Waals surface area contributed by atoms with Gasteiger partial charge in [0.1, 0.15) is 0 Å². The number of amides is 2. The molecule has 0 spiro atoms. The molecule has 0 unspecified atom stereocenters. The van der Waals surface area contributed by atoms with E-state index in [0.29, 0.717) is 12.1 Å². The van der Waals surface area contributed by atoms with Crippen molar-refractivity contribution in [3.05, 3.63) is 65.7 Å². The highest BCUT2D eigenvalue weighted by Crippen LogP contribution is 2.16. The van der Waals surface area contributed by atoms with Crippen LogP contribution in [0.15, 0.2) is 54.6 Å². The fourth-order valence-electron chi connectivity index (χ4n) is 2.32. The van der Waals surface area contributed by atoms with Crippen LogP contribution in [0.25, 0.3) is 0 Å². The van der Waals surface area contributed by atoms with E-state index in [-0.39, 0.29) is 18.2 Å². The smallest absolute Gasteiger partial charge is 0.234 e. The zero-order valence-corrected chi connectivity index (χ0v) is 13.1. The number of anilines is 1. The van der Waals surface area contributed by atoms with Gasteiger partial charge in [0.05, 0.1) is 5.92 Å². The lowest BCUT2D eigenvalue weighted by Crippen LogP contribution is -2.35. The Bertz CT molecular complexity index is 654. The molecule has 2 aromatic rings. The van der Waals surface area contributed by atoms with E-state index < -0.39 is 5.92 Å². The third kappa shape index (κ3) is 5.23. The van der Waals surface area contributed by atoms with Gasteiger partial charge >= 0.3 is 0 Å². The molecular formula is C18H21N3O2. The summed E-state index contributed by atoms with van der Waals surface area (Å²) in [5.41, 5.74) is 4.92. The van der Waals surface area contributed by atoms with E-state index >= 15 is 0 Å². The predicted octanol–water partition coefficient (Wildman–Crippen LogP) is 2.17. The van der Waals surface area contributed by atoms with Gasteiger partial charge in [-0.15, -0.1) is 0 Å². The summed E-state index contributed by atoms with van der Waals surface area (Å²) in [5, 5.41) is 2.86. The molecule has 0 radical (unpaired) electrons. The lowest BCUT2D eigenvalue weighted by atomic mass is 9.95. The zero-order chi connectivity index (χ0) is 16.7. The summed E-state index contributed by atoms with van der Waals surface area (Å²) in [6.07, 6.45) is 0.523. The van der Waals surface area contributed by atoms with Gasteiger partial charge in [0.15, 0.2) is 0 Å². The molecule has 1 atom stereocenters. The van der Waals surface area contributed by atoms with Gasteiger partial charge in [-0.2, -0.15) is 0 Å². The highest BCUT2D eigenvalue weighted by atomic mass is 16.2. The molecule has 0 fully saturated rings. The van der Waals surface area contributed by atoms with E-state index in [9.17, 15) is 9.59 Å². The van der Waals surface area contributed by atoms with Crippen LogP contribution in [-0.4, -0.2) is 11.8 Å². The van der Waals surface area contributed by atoms with Crippen molar-refractivity contribution in [1.82, 2.24) is 5.43 Å². The van der Waals surface area contributed by atoms with Gasteiger partial charge in [0.25, 0.3) is 0 Å². The molecule has 0 saturated heterocycles. The number of benzene rings is 2. The first-order valence-electron chi connectivity index (χ1n) is 7.49. The molecule has 120 valence electrons. The molecule has 2 amide bonds. The number of nitrogens with one attached hydrogen (secondary N) is 2. The maximum absolute atomic E-state index is 12.5. The standard InChI is InChI=1S/C18H21N3O2/c1-13-7-9-16(10-8-13)20-18(23)15(12-17(22)21-19)11-14-5-3-2-4-6-14/h2-10,15H,11-12,19H2,1H3,(H,20,23)(H,21,22)/t15-/m1/s1. The second kappa shape index (κ2) is 8.10. The number of hydrogen-bond donors (Lipinski definition) is 3. The van der Waals surface area contributed by atoms with Crippen LogP contribution in [0.4, 0.5) is 5.69 Å². The van der Waals surface area contributed by atoms with Crippen LogP contribution in [0.3, 0.4) is 0 Å². The molecule has 2 rings (SSSR count). The Morgan fingerprint density at radius 1 is 1.04 bits per heavy atom. The van der Waals surface area contributed by atoms with Crippen LogP contribution in [0.5, 0.6) is 0 Å². The molecule has 5 nitrogen and oxygen atoms in total. The van der Waals surface area contributed by atoms with Gasteiger partial charge in [-0.05, 0) is 31.0 Å². The van der Waals surface area contributed by atoms with Crippen LogP contribution in [-0.2, 0) is 16.0 Å². The average Bonchev–Trinajstić information content (AvgIpc) is 2.57. The number of carbonyl (C=O) groups is 2. The Kier molecular flexibility index (Phi) is 5.88. The number of rotatable bonds is 6. The van der Waals surface area contributed by atoms with Crippen molar-refractivity contribution in [3.8, 4) is 0 Å². The summed E-state index contributed by atoms with van der Waals surface area (Å²) >= 11 is 0. The molecule has 23 heavy (non-hydrogen) atoms. The molecule has 4 N–H and O–H groups in total. The van der Waals surface area contributed by atoms with Crippen LogP contribution in [0.2, 0.25) is 0 Å². The molecule has 0 aliphatic carbocycles. The first-order valence-corrected chi connectivity index (χ1v) is 7.49. The maximum atomic E-state index is 12.5. The largest absolute Gasteiger partial charge is 0.326 e. The zero-order valence-electron chi connectivity index (χ0n) is 13.1. The van der Waals surface area contributed by atoms with Crippen LogP contribution < -0.4 is 16.6 Å². The molecular weight excluding hydrogens is 290 g/mol. The lowest BCUT2D eigenvalue weighted by Gasteiger charge is -2.16. The summed E-state index contributed by atoms with van der Waals surface area (Å²) in [7, 11) is 0. The minimum atomic E-state index is -0.484. The monoisotopic (exact) mass is 311 g/mol. The van der Waals surface area contributed by atoms with Crippen molar-refractivity contribution < 1.29 is 9.59 Å². The number of hydrazine groups is 1.